The maximum absolute atomic E-state index is 13.3. The van der Waals surface area contributed by atoms with Gasteiger partial charge in [-0.2, -0.15) is 0 Å². The van der Waals surface area contributed by atoms with Crippen molar-refractivity contribution in [3.63, 3.8) is 0 Å². The predicted octanol–water partition coefficient (Wildman–Crippen LogP) is 5.54. The van der Waals surface area contributed by atoms with E-state index >= 15 is 0 Å². The predicted molar refractivity (Wildman–Crippen MR) is 137 cm³/mol. The van der Waals surface area contributed by atoms with Gasteiger partial charge in [0.1, 0.15) is 11.8 Å². The Morgan fingerprint density at radius 1 is 1.06 bits per heavy atom. The molecule has 34 heavy (non-hydrogen) atoms. The first kappa shape index (κ1) is 25.8. The Morgan fingerprint density at radius 2 is 1.74 bits per heavy atom. The number of benzene rings is 2. The summed E-state index contributed by atoms with van der Waals surface area (Å²) in [6.07, 6.45) is 5.55. The van der Waals surface area contributed by atoms with Crippen LogP contribution in [0.5, 0.6) is 5.75 Å². The Morgan fingerprint density at radius 3 is 2.35 bits per heavy atom. The molecule has 1 N–H and O–H groups in total. The zero-order valence-electron chi connectivity index (χ0n) is 21.4. The molecule has 1 fully saturated rings. The zero-order chi connectivity index (χ0) is 24.7. The maximum Gasteiger partial charge on any atom is 0.261 e. The van der Waals surface area contributed by atoms with E-state index < -0.39 is 6.04 Å². The first-order valence-electron chi connectivity index (χ1n) is 12.5. The molecule has 0 saturated heterocycles. The smallest absolute Gasteiger partial charge is 0.261 e. The van der Waals surface area contributed by atoms with Gasteiger partial charge in [-0.3, -0.25) is 9.59 Å². The van der Waals surface area contributed by atoms with Crippen LogP contribution in [0, 0.1) is 6.92 Å². The Labute approximate surface area is 204 Å². The number of carbonyl (C=O) groups is 2. The van der Waals surface area contributed by atoms with Crippen LogP contribution in [0.1, 0.15) is 76.5 Å². The standard InChI is InChI=1S/C29H40N2O3/c1-21-10-9-11-23(18-21)19-31(22(2)28(33)30-25-12-7-6-8-13-25)27(32)20-34-26-16-14-24(15-17-26)29(3,4)5/h9-11,14-18,22,25H,6-8,12-13,19-20H2,1-5H3,(H,30,33)/t22-/m0/s1. The molecule has 1 aliphatic rings. The molecule has 0 heterocycles. The molecular weight excluding hydrogens is 424 g/mol. The van der Waals surface area contributed by atoms with Crippen molar-refractivity contribution in [1.29, 1.82) is 0 Å². The van der Waals surface area contributed by atoms with Crippen LogP contribution < -0.4 is 10.1 Å². The molecule has 5 heteroatoms. The van der Waals surface area contributed by atoms with E-state index in [1.807, 2.05) is 56.3 Å². The first-order chi connectivity index (χ1) is 16.1. The van der Waals surface area contributed by atoms with Crippen molar-refractivity contribution in [3.05, 3.63) is 65.2 Å². The number of aryl methyl sites for hydroxylation is 1. The van der Waals surface area contributed by atoms with E-state index in [0.717, 1.165) is 36.8 Å². The van der Waals surface area contributed by atoms with Crippen LogP contribution >= 0.6 is 0 Å². The van der Waals surface area contributed by atoms with Gasteiger partial charge in [-0.05, 0) is 55.4 Å². The highest BCUT2D eigenvalue weighted by Gasteiger charge is 2.28. The van der Waals surface area contributed by atoms with Crippen LogP contribution in [-0.2, 0) is 21.5 Å². The van der Waals surface area contributed by atoms with E-state index in [-0.39, 0.29) is 29.9 Å². The summed E-state index contributed by atoms with van der Waals surface area (Å²) in [6, 6.07) is 15.5. The summed E-state index contributed by atoms with van der Waals surface area (Å²) in [5.74, 6) is 0.353. The summed E-state index contributed by atoms with van der Waals surface area (Å²) in [6.45, 7) is 10.6. The molecule has 1 saturated carbocycles. The van der Waals surface area contributed by atoms with Gasteiger partial charge < -0.3 is 15.0 Å². The molecular formula is C29H40N2O3. The van der Waals surface area contributed by atoms with Crippen molar-refractivity contribution in [2.45, 2.75) is 90.8 Å². The lowest BCUT2D eigenvalue weighted by Crippen LogP contribution is -2.51. The number of hydrogen-bond donors (Lipinski definition) is 1. The number of carbonyl (C=O) groups excluding carboxylic acids is 2. The molecule has 1 atom stereocenters. The molecule has 3 rings (SSSR count). The van der Waals surface area contributed by atoms with Gasteiger partial charge in [0.25, 0.3) is 5.91 Å². The van der Waals surface area contributed by atoms with Gasteiger partial charge in [-0.15, -0.1) is 0 Å². The lowest BCUT2D eigenvalue weighted by atomic mass is 9.87. The van der Waals surface area contributed by atoms with Crippen molar-refractivity contribution >= 4 is 11.8 Å². The fourth-order valence-corrected chi connectivity index (χ4v) is 4.44. The normalized spacial score (nSPS) is 15.4. The molecule has 2 amide bonds. The fourth-order valence-electron chi connectivity index (χ4n) is 4.44. The molecule has 0 aromatic heterocycles. The van der Waals surface area contributed by atoms with Gasteiger partial charge in [0.05, 0.1) is 0 Å². The van der Waals surface area contributed by atoms with Crippen LogP contribution in [-0.4, -0.2) is 35.4 Å². The third kappa shape index (κ3) is 7.34. The van der Waals surface area contributed by atoms with Crippen LogP contribution in [0.4, 0.5) is 0 Å². The van der Waals surface area contributed by atoms with Crippen molar-refractivity contribution < 1.29 is 14.3 Å². The average Bonchev–Trinajstić information content (AvgIpc) is 2.81. The highest BCUT2D eigenvalue weighted by molar-refractivity contribution is 5.88. The quantitative estimate of drug-likeness (QED) is 0.558. The van der Waals surface area contributed by atoms with E-state index in [4.69, 9.17) is 4.74 Å². The molecule has 0 bridgehead atoms. The SMILES string of the molecule is Cc1cccc(CN(C(=O)COc2ccc(C(C)(C)C)cc2)[C@@H](C)C(=O)NC2CCCCC2)c1. The number of nitrogens with zero attached hydrogens (tertiary/aromatic N) is 1. The molecule has 2 aromatic rings. The molecule has 5 nitrogen and oxygen atoms in total. The zero-order valence-corrected chi connectivity index (χ0v) is 21.4. The molecule has 184 valence electrons. The number of amides is 2. The maximum atomic E-state index is 13.3. The average molecular weight is 465 g/mol. The van der Waals surface area contributed by atoms with Crippen LogP contribution in [0.3, 0.4) is 0 Å². The summed E-state index contributed by atoms with van der Waals surface area (Å²) in [5.41, 5.74) is 3.39. The number of ether oxygens (including phenoxy) is 1. The summed E-state index contributed by atoms with van der Waals surface area (Å²) in [7, 11) is 0. The van der Waals surface area contributed by atoms with E-state index in [1.54, 1.807) is 4.90 Å². The minimum absolute atomic E-state index is 0.0556. The third-order valence-corrected chi connectivity index (χ3v) is 6.64. The van der Waals surface area contributed by atoms with Crippen molar-refractivity contribution in [2.75, 3.05) is 6.61 Å². The van der Waals surface area contributed by atoms with Gasteiger partial charge in [0, 0.05) is 12.6 Å². The Bertz CT molecular complexity index is 956. The van der Waals surface area contributed by atoms with Gasteiger partial charge in [0.15, 0.2) is 6.61 Å². The molecule has 0 aliphatic heterocycles. The second-order valence-corrected chi connectivity index (χ2v) is 10.6. The van der Waals surface area contributed by atoms with Crippen LogP contribution in [0.25, 0.3) is 0 Å². The topological polar surface area (TPSA) is 58.6 Å². The minimum atomic E-state index is -0.582. The lowest BCUT2D eigenvalue weighted by Gasteiger charge is -2.31. The minimum Gasteiger partial charge on any atom is -0.484 e. The summed E-state index contributed by atoms with van der Waals surface area (Å²) >= 11 is 0. The largest absolute Gasteiger partial charge is 0.484 e. The monoisotopic (exact) mass is 464 g/mol. The molecule has 1 aliphatic carbocycles. The van der Waals surface area contributed by atoms with Crippen LogP contribution in [0.2, 0.25) is 0 Å². The summed E-state index contributed by atoms with van der Waals surface area (Å²) in [5, 5.41) is 3.17. The number of rotatable bonds is 8. The fraction of sp³-hybridized carbons (Fsp3) is 0.517. The Balaban J connectivity index is 1.69. The molecule has 0 unspecified atom stereocenters. The summed E-state index contributed by atoms with van der Waals surface area (Å²) < 4.78 is 5.83. The molecule has 2 aromatic carbocycles. The number of hydrogen-bond acceptors (Lipinski definition) is 3. The highest BCUT2D eigenvalue weighted by atomic mass is 16.5. The van der Waals surface area contributed by atoms with Crippen molar-refractivity contribution in [3.8, 4) is 5.75 Å². The Kier molecular flexibility index (Phi) is 8.76. The molecule has 0 radical (unpaired) electrons. The lowest BCUT2D eigenvalue weighted by molar-refractivity contribution is -0.142. The van der Waals surface area contributed by atoms with Crippen molar-refractivity contribution in [2.24, 2.45) is 0 Å². The molecule has 0 spiro atoms. The highest BCUT2D eigenvalue weighted by Crippen LogP contribution is 2.24. The third-order valence-electron chi connectivity index (χ3n) is 6.64. The van der Waals surface area contributed by atoms with Gasteiger partial charge in [-0.1, -0.05) is 82.0 Å². The van der Waals surface area contributed by atoms with Crippen molar-refractivity contribution in [1.82, 2.24) is 10.2 Å². The second-order valence-electron chi connectivity index (χ2n) is 10.6. The van der Waals surface area contributed by atoms with Gasteiger partial charge >= 0.3 is 0 Å². The van der Waals surface area contributed by atoms with Crippen LogP contribution in [0.15, 0.2) is 48.5 Å². The van der Waals surface area contributed by atoms with E-state index in [0.29, 0.717) is 12.3 Å². The second kappa shape index (κ2) is 11.5. The first-order valence-corrected chi connectivity index (χ1v) is 12.5. The van der Waals surface area contributed by atoms with Gasteiger partial charge in [0.2, 0.25) is 5.91 Å². The van der Waals surface area contributed by atoms with E-state index in [2.05, 4.69) is 32.2 Å². The number of nitrogens with one attached hydrogen (secondary N) is 1. The van der Waals surface area contributed by atoms with E-state index in [9.17, 15) is 9.59 Å². The Hall–Kier alpha value is -2.82. The summed E-state index contributed by atoms with van der Waals surface area (Å²) in [4.78, 5) is 28.0. The van der Waals surface area contributed by atoms with Gasteiger partial charge in [-0.25, -0.2) is 0 Å². The van der Waals surface area contributed by atoms with E-state index in [1.165, 1.54) is 12.0 Å².